The Morgan fingerprint density at radius 1 is 0.382 bits per heavy atom. The van der Waals surface area contributed by atoms with Gasteiger partial charge in [-0.15, -0.1) is 23.2 Å². The molecule has 0 unspecified atom stereocenters. The van der Waals surface area contributed by atoms with E-state index in [4.69, 9.17) is 58.1 Å². The van der Waals surface area contributed by atoms with Crippen molar-refractivity contribution in [2.24, 2.45) is 41.4 Å². The smallest absolute Gasteiger partial charge is 0.314 e. The molecule has 0 aromatic heterocycles. The third kappa shape index (κ3) is 26.9. The van der Waals surface area contributed by atoms with Gasteiger partial charge in [-0.2, -0.15) is 22.0 Å². The third-order valence-electron chi connectivity index (χ3n) is 25.7. The first-order valence-electron chi connectivity index (χ1n) is 44.0. The van der Waals surface area contributed by atoms with Gasteiger partial charge in [0.15, 0.2) is 81.1 Å². The molecule has 6 fully saturated rings. The number of esters is 1. The Morgan fingerprint density at radius 2 is 0.659 bits per heavy atom. The zero-order valence-electron chi connectivity index (χ0n) is 72.0. The minimum absolute atomic E-state index is 0.0256. The summed E-state index contributed by atoms with van der Waals surface area (Å²) in [5.74, 6) is -14.2. The quantitative estimate of drug-likeness (QED) is 0.0149. The van der Waals surface area contributed by atoms with E-state index in [-0.39, 0.29) is 57.6 Å². The van der Waals surface area contributed by atoms with Gasteiger partial charge in [-0.05, 0) is 311 Å². The normalized spacial score (nSPS) is 22.6. The van der Waals surface area contributed by atoms with E-state index < -0.39 is 134 Å². The fourth-order valence-corrected chi connectivity index (χ4v) is 18.5. The van der Waals surface area contributed by atoms with Crippen molar-refractivity contribution < 1.29 is 110 Å². The van der Waals surface area contributed by atoms with Crippen LogP contribution in [0.4, 0.5) is 65.9 Å². The summed E-state index contributed by atoms with van der Waals surface area (Å²) in [4.78, 5) is 23.3. The zero-order chi connectivity index (χ0) is 90.3. The lowest BCUT2D eigenvalue weighted by Crippen LogP contribution is -2.30. The molecule has 0 saturated heterocycles. The van der Waals surface area contributed by atoms with Gasteiger partial charge in [-0.3, -0.25) is 14.0 Å². The molecule has 123 heavy (non-hydrogen) atoms. The summed E-state index contributed by atoms with van der Waals surface area (Å²) in [5.41, 5.74) is -0.201. The van der Waals surface area contributed by atoms with E-state index in [9.17, 15) is 75.4 Å². The van der Waals surface area contributed by atoms with E-state index >= 15 is 0 Å². The fourth-order valence-electron chi connectivity index (χ4n) is 18.5. The van der Waals surface area contributed by atoms with Crippen molar-refractivity contribution in [2.75, 3.05) is 39.4 Å². The van der Waals surface area contributed by atoms with Gasteiger partial charge in [0.25, 0.3) is 6.47 Å². The number of phenols is 1. The summed E-state index contributed by atoms with van der Waals surface area (Å²) in [6.07, 6.45) is 28.7. The highest BCUT2D eigenvalue weighted by molar-refractivity contribution is 6.40. The Morgan fingerprint density at radius 3 is 0.984 bits per heavy atom. The van der Waals surface area contributed by atoms with Crippen LogP contribution < -0.4 is 18.9 Å². The fraction of sp³-hybridized carbons (Fsp3) is 0.546. The average molecular weight is 1780 g/mol. The molecule has 7 aromatic carbocycles. The molecular formula is C97H117Cl2F15O9. The Labute approximate surface area is 725 Å². The van der Waals surface area contributed by atoms with Crippen LogP contribution in [-0.4, -0.2) is 69.2 Å². The summed E-state index contributed by atoms with van der Waals surface area (Å²) in [7, 11) is 0.810. The molecule has 0 aliphatic heterocycles. The van der Waals surface area contributed by atoms with Gasteiger partial charge < -0.3 is 33.5 Å². The molecule has 6 aliphatic rings. The van der Waals surface area contributed by atoms with Gasteiger partial charge in [0, 0.05) is 29.4 Å². The molecule has 26 heteroatoms. The van der Waals surface area contributed by atoms with Crippen LogP contribution >= 0.6 is 23.2 Å². The SMILES string of the molecule is CCCCOc1ccc(C2CCC(C3CCC(C(=O)Oc4ccc(-c5ccc(C)c(F)c5F)c(F)c4F)CC3)CC2)c(F)c1F.CCCCOc1ccc(C2CCC(C3CCC(OC)CC3)CC2)c(F)c1F.CCCCOc1ccc(C2CCC(C3CCC(OC=O)CC3)CC2)c(F)c1F.Cc1ccc(-c2ccc(O)c(F)c2F)c(F)c1F.ClCCl.[2H]CF. The molecule has 0 atom stereocenters. The molecule has 0 bridgehead atoms. The number of hydrogen-bond donors (Lipinski definition) is 1. The minimum Gasteiger partial charge on any atom is -0.505 e. The van der Waals surface area contributed by atoms with Crippen LogP contribution in [0.25, 0.3) is 22.3 Å². The largest absolute Gasteiger partial charge is 0.505 e. The van der Waals surface area contributed by atoms with Crippen molar-refractivity contribution in [1.29, 1.82) is 0 Å². The lowest BCUT2D eigenvalue weighted by Gasteiger charge is -2.37. The van der Waals surface area contributed by atoms with E-state index in [1.165, 1.54) is 63.8 Å². The molecule has 0 radical (unpaired) electrons. The molecule has 6 saturated carbocycles. The second-order valence-electron chi connectivity index (χ2n) is 33.1. The number of unbranched alkanes of at least 4 members (excludes halogenated alkanes) is 3. The molecule has 9 nitrogen and oxygen atoms in total. The Bertz CT molecular complexity index is 4440. The predicted octanol–water partition coefficient (Wildman–Crippen LogP) is 29.1. The number of rotatable bonds is 25. The lowest BCUT2D eigenvalue weighted by atomic mass is 9.68. The molecule has 0 amide bonds. The van der Waals surface area contributed by atoms with E-state index in [2.05, 4.69) is 0 Å². The van der Waals surface area contributed by atoms with Crippen molar-refractivity contribution in [2.45, 2.75) is 257 Å². The Hall–Kier alpha value is -7.83. The van der Waals surface area contributed by atoms with Crippen molar-refractivity contribution in [3.8, 4) is 51.0 Å². The second-order valence-corrected chi connectivity index (χ2v) is 33.9. The van der Waals surface area contributed by atoms with Crippen LogP contribution in [0.15, 0.2) is 84.9 Å². The number of hydrogen-bond acceptors (Lipinski definition) is 9. The topological polar surface area (TPSA) is 110 Å². The molecule has 1 N–H and O–H groups in total. The standard InChI is InChI=1S/C36H38F6O3.C23H32F2O3.C23H34F2O2.C13H8F4O.CH2Cl2.CH3F/c1-3-4-19-44-28-17-15-25(31(38)34(28)41)23-10-6-21(7-11-23)22-8-12-24(13-9-22)36(43)45-29-18-16-27(33(40)35(29)42)26-14-5-20(2)30(37)32(26)39;1-2-3-14-27-21-13-12-20(22(24)23(21)25)18-6-4-16(5-7-18)17-8-10-19(11-9-17)28-15-26;1-3-4-15-27-21-14-13-20(22(24)23(21)25)18-7-5-16(6-8-18)17-9-11-19(26-2)12-10-17;1-6-2-3-7(11(15)10(6)14)8-4-5-9(18)13(17)12(8)16;2-1-3;1-2/h5,14-18,21-24H,3-4,6-13,19H2,1-2H3;12-13,15-19H,2-11,14H2,1H3;13-14,16-19H,3-12,15H2,1-2H3;2-5,18H,1H3;1H2;1H3/i;;;;;1D. The molecule has 7 aromatic rings. The van der Waals surface area contributed by atoms with Gasteiger partial charge in [-0.1, -0.05) is 82.5 Å². The van der Waals surface area contributed by atoms with Crippen molar-refractivity contribution >= 4 is 35.6 Å². The van der Waals surface area contributed by atoms with Crippen LogP contribution in [0.3, 0.4) is 0 Å². The second kappa shape index (κ2) is 50.5. The summed E-state index contributed by atoms with van der Waals surface area (Å²) in [5, 5.41) is 9.15. The highest BCUT2D eigenvalue weighted by atomic mass is 35.5. The molecule has 678 valence electrons. The lowest BCUT2D eigenvalue weighted by molar-refractivity contribution is -0.140. The summed E-state index contributed by atoms with van der Waals surface area (Å²) in [6.45, 7) is 10.5. The number of aromatic hydroxyl groups is 1. The highest BCUT2D eigenvalue weighted by Crippen LogP contribution is 2.49. The summed E-state index contributed by atoms with van der Waals surface area (Å²) in [6, 6.07) is 18.7. The minimum atomic E-state index is -1.49. The molecule has 6 aliphatic carbocycles. The van der Waals surface area contributed by atoms with Crippen LogP contribution in [-0.2, 0) is 19.1 Å². The first-order chi connectivity index (χ1) is 59.6. The molecule has 0 heterocycles. The first-order valence-corrected chi connectivity index (χ1v) is 44.4. The van der Waals surface area contributed by atoms with Gasteiger partial charge in [-0.25, -0.2) is 39.5 Å². The molecular weight excluding hydrogens is 1660 g/mol. The number of methoxy groups -OCH3 is 1. The number of halogens is 17. The van der Waals surface area contributed by atoms with Gasteiger partial charge in [0.2, 0.25) is 29.1 Å². The van der Waals surface area contributed by atoms with Crippen molar-refractivity contribution in [3.05, 3.63) is 194 Å². The van der Waals surface area contributed by atoms with Crippen LogP contribution in [0.2, 0.25) is 0 Å². The number of aryl methyl sites for hydroxylation is 2. The summed E-state index contributed by atoms with van der Waals surface area (Å²) >= 11 is 9.53. The Balaban J connectivity index is 0.000000210. The van der Waals surface area contributed by atoms with Crippen molar-refractivity contribution in [1.82, 2.24) is 0 Å². The predicted molar refractivity (Wildman–Crippen MR) is 449 cm³/mol. The number of carbonyl (C=O) groups is 2. The number of ether oxygens (including phenoxy) is 6. The maximum atomic E-state index is 14.9. The van der Waals surface area contributed by atoms with Crippen LogP contribution in [0.1, 0.15) is 260 Å². The highest BCUT2D eigenvalue weighted by Gasteiger charge is 2.39. The van der Waals surface area contributed by atoms with E-state index in [0.29, 0.717) is 85.6 Å². The van der Waals surface area contributed by atoms with E-state index in [0.717, 1.165) is 196 Å². The van der Waals surface area contributed by atoms with E-state index in [1.54, 1.807) is 30.3 Å². The number of phenolic OH excluding ortho intramolecular Hbond substituents is 1. The maximum Gasteiger partial charge on any atom is 0.314 e. The monoisotopic (exact) mass is 1780 g/mol. The third-order valence-corrected chi connectivity index (χ3v) is 25.7. The number of alkyl halides is 3. The van der Waals surface area contributed by atoms with Gasteiger partial charge in [0.05, 0.1) is 45.7 Å². The van der Waals surface area contributed by atoms with Gasteiger partial charge >= 0.3 is 5.97 Å². The van der Waals surface area contributed by atoms with E-state index in [1.807, 2.05) is 27.9 Å². The van der Waals surface area contributed by atoms with Crippen molar-refractivity contribution in [3.63, 3.8) is 0 Å². The number of carbonyl (C=O) groups excluding carboxylic acids is 2. The molecule has 13 rings (SSSR count). The van der Waals surface area contributed by atoms with Gasteiger partial charge in [0.1, 0.15) is 6.10 Å². The molecule has 0 spiro atoms. The number of benzene rings is 7. The average Bonchev–Trinajstić information content (AvgIpc) is 0.797. The summed E-state index contributed by atoms with van der Waals surface area (Å²) < 4.78 is 247. The van der Waals surface area contributed by atoms with Crippen LogP contribution in [0, 0.1) is 137 Å². The Kier molecular flexibility index (Phi) is 40.6. The first kappa shape index (κ1) is 99.0. The zero-order valence-corrected chi connectivity index (χ0v) is 72.5. The maximum absolute atomic E-state index is 14.9. The van der Waals surface area contributed by atoms with Crippen LogP contribution in [0.5, 0.6) is 28.7 Å².